The number of ether oxygens (including phenoxy) is 2. The van der Waals surface area contributed by atoms with Crippen LogP contribution in [0, 0.1) is 0 Å². The smallest absolute Gasteiger partial charge is 0.308 e. The Morgan fingerprint density at radius 3 is 2.28 bits per heavy atom. The third-order valence-corrected chi connectivity index (χ3v) is 3.13. The third-order valence-electron chi connectivity index (χ3n) is 3.13. The Kier molecular flexibility index (Phi) is 12.6. The molecule has 1 fully saturated rings. The maximum absolute atomic E-state index is 11.0. The van der Waals surface area contributed by atoms with Crippen LogP contribution in [0.2, 0.25) is 0 Å². The van der Waals surface area contributed by atoms with E-state index in [0.29, 0.717) is 12.5 Å². The summed E-state index contributed by atoms with van der Waals surface area (Å²) in [6.07, 6.45) is 9.86. The molecule has 2 unspecified atom stereocenters. The van der Waals surface area contributed by atoms with Crippen LogP contribution in [-0.4, -0.2) is 25.3 Å². The van der Waals surface area contributed by atoms with Crippen LogP contribution < -0.4 is 0 Å². The zero-order valence-electron chi connectivity index (χ0n) is 10.5. The molecule has 3 nitrogen and oxygen atoms in total. The number of methoxy groups -OCH3 is 1. The monoisotopic (exact) mass is 260 g/mol. The average molecular weight is 260 g/mol. The zero-order chi connectivity index (χ0) is 11.8. The van der Waals surface area contributed by atoms with Crippen molar-refractivity contribution in [3.63, 3.8) is 0 Å². The lowest BCUT2D eigenvalue weighted by molar-refractivity contribution is -0.140. The maximum atomic E-state index is 11.0. The molecule has 3 heteroatoms. The number of rotatable bonds is 9. The standard InChI is InChI=1S/C13H24O3.2CH4/c1-3-4-5-6-7-8-9-11-12(16-11)10-13(14)15-2;;/h11-12H,3-10H2,1-2H3;2*1H4. The minimum Gasteiger partial charge on any atom is -0.469 e. The first-order valence-corrected chi connectivity index (χ1v) is 6.50. The summed E-state index contributed by atoms with van der Waals surface area (Å²) in [6, 6.07) is 0. The predicted molar refractivity (Wildman–Crippen MR) is 76.7 cm³/mol. The van der Waals surface area contributed by atoms with Gasteiger partial charge >= 0.3 is 5.97 Å². The maximum Gasteiger partial charge on any atom is 0.308 e. The van der Waals surface area contributed by atoms with Gasteiger partial charge in [-0.2, -0.15) is 0 Å². The zero-order valence-corrected chi connectivity index (χ0v) is 10.5. The largest absolute Gasteiger partial charge is 0.469 e. The van der Waals surface area contributed by atoms with Crippen LogP contribution in [0.5, 0.6) is 0 Å². The fourth-order valence-corrected chi connectivity index (χ4v) is 1.99. The van der Waals surface area contributed by atoms with Gasteiger partial charge in [0.1, 0.15) is 0 Å². The number of carbonyl (C=O) groups excluding carboxylic acids is 1. The summed E-state index contributed by atoms with van der Waals surface area (Å²) in [5.41, 5.74) is 0. The van der Waals surface area contributed by atoms with Crippen molar-refractivity contribution in [3.8, 4) is 0 Å². The lowest BCUT2D eigenvalue weighted by Crippen LogP contribution is -2.06. The summed E-state index contributed by atoms with van der Waals surface area (Å²) in [5, 5.41) is 0. The highest BCUT2D eigenvalue weighted by Crippen LogP contribution is 2.30. The normalized spacial score (nSPS) is 20.6. The second-order valence-corrected chi connectivity index (χ2v) is 4.55. The Labute approximate surface area is 113 Å². The van der Waals surface area contributed by atoms with Crippen molar-refractivity contribution in [1.82, 2.24) is 0 Å². The van der Waals surface area contributed by atoms with Crippen LogP contribution in [-0.2, 0) is 14.3 Å². The van der Waals surface area contributed by atoms with E-state index in [1.807, 2.05) is 0 Å². The van der Waals surface area contributed by atoms with Gasteiger partial charge in [0.2, 0.25) is 0 Å². The highest BCUT2D eigenvalue weighted by molar-refractivity contribution is 5.70. The molecule has 0 aromatic heterocycles. The minimum atomic E-state index is -0.157. The van der Waals surface area contributed by atoms with E-state index < -0.39 is 0 Å². The average Bonchev–Trinajstić information content (AvgIpc) is 3.01. The van der Waals surface area contributed by atoms with Gasteiger partial charge in [-0.3, -0.25) is 4.79 Å². The molecule has 0 amide bonds. The first-order chi connectivity index (χ1) is 7.77. The van der Waals surface area contributed by atoms with E-state index >= 15 is 0 Å². The Morgan fingerprint density at radius 2 is 1.67 bits per heavy atom. The Hall–Kier alpha value is -0.570. The second-order valence-electron chi connectivity index (χ2n) is 4.55. The molecule has 0 spiro atoms. The molecule has 1 heterocycles. The summed E-state index contributed by atoms with van der Waals surface area (Å²) in [6.45, 7) is 2.23. The number of epoxide rings is 1. The Morgan fingerprint density at radius 1 is 1.06 bits per heavy atom. The highest BCUT2D eigenvalue weighted by Gasteiger charge is 2.39. The van der Waals surface area contributed by atoms with Crippen molar-refractivity contribution in [2.24, 2.45) is 0 Å². The highest BCUT2D eigenvalue weighted by atomic mass is 16.6. The topological polar surface area (TPSA) is 38.8 Å². The molecule has 0 bridgehead atoms. The minimum absolute atomic E-state index is 0. The lowest BCUT2D eigenvalue weighted by Gasteiger charge is -1.98. The summed E-state index contributed by atoms with van der Waals surface area (Å²) in [7, 11) is 1.42. The second kappa shape index (κ2) is 11.5. The fraction of sp³-hybridized carbons (Fsp3) is 0.933. The van der Waals surface area contributed by atoms with Crippen molar-refractivity contribution < 1.29 is 14.3 Å². The summed E-state index contributed by atoms with van der Waals surface area (Å²) < 4.78 is 10.0. The number of carbonyl (C=O) groups is 1. The summed E-state index contributed by atoms with van der Waals surface area (Å²) >= 11 is 0. The van der Waals surface area contributed by atoms with E-state index in [2.05, 4.69) is 11.7 Å². The van der Waals surface area contributed by atoms with Gasteiger partial charge in [0.15, 0.2) is 0 Å². The number of hydrogen-bond acceptors (Lipinski definition) is 3. The van der Waals surface area contributed by atoms with E-state index in [1.165, 1.54) is 45.6 Å². The van der Waals surface area contributed by atoms with Gasteiger partial charge in [0.25, 0.3) is 0 Å². The molecule has 0 N–H and O–H groups in total. The van der Waals surface area contributed by atoms with Gasteiger partial charge in [-0.15, -0.1) is 0 Å². The molecule has 0 aromatic rings. The molecule has 0 radical (unpaired) electrons. The molecule has 1 aliphatic rings. The van der Waals surface area contributed by atoms with Crippen LogP contribution in [0.1, 0.15) is 73.1 Å². The third kappa shape index (κ3) is 8.51. The van der Waals surface area contributed by atoms with Crippen LogP contribution in [0.4, 0.5) is 0 Å². The Balaban J connectivity index is 0. The van der Waals surface area contributed by atoms with Crippen molar-refractivity contribution in [3.05, 3.63) is 0 Å². The Bertz CT molecular complexity index is 204. The number of hydrogen-bond donors (Lipinski definition) is 0. The van der Waals surface area contributed by atoms with E-state index in [4.69, 9.17) is 4.74 Å². The lowest BCUT2D eigenvalue weighted by atomic mass is 10.1. The molecular weight excluding hydrogens is 228 g/mol. The fourth-order valence-electron chi connectivity index (χ4n) is 1.99. The van der Waals surface area contributed by atoms with Gasteiger partial charge in [0.05, 0.1) is 25.7 Å². The summed E-state index contributed by atoms with van der Waals surface area (Å²) in [4.78, 5) is 11.0. The molecular formula is C15H32O3. The van der Waals surface area contributed by atoms with Gasteiger partial charge in [-0.25, -0.2) is 0 Å². The van der Waals surface area contributed by atoms with Gasteiger partial charge in [-0.1, -0.05) is 60.3 Å². The molecule has 2 atom stereocenters. The first kappa shape index (κ1) is 19.8. The van der Waals surface area contributed by atoms with Gasteiger partial charge < -0.3 is 9.47 Å². The molecule has 18 heavy (non-hydrogen) atoms. The summed E-state index contributed by atoms with van der Waals surface area (Å²) in [5.74, 6) is -0.157. The van der Waals surface area contributed by atoms with Gasteiger partial charge in [-0.05, 0) is 6.42 Å². The van der Waals surface area contributed by atoms with Crippen molar-refractivity contribution in [2.45, 2.75) is 85.4 Å². The molecule has 1 aliphatic heterocycles. The van der Waals surface area contributed by atoms with Crippen LogP contribution >= 0.6 is 0 Å². The van der Waals surface area contributed by atoms with Crippen molar-refractivity contribution >= 4 is 5.97 Å². The van der Waals surface area contributed by atoms with E-state index in [0.717, 1.165) is 6.42 Å². The van der Waals surface area contributed by atoms with Crippen molar-refractivity contribution in [2.75, 3.05) is 7.11 Å². The van der Waals surface area contributed by atoms with Crippen LogP contribution in [0.25, 0.3) is 0 Å². The van der Waals surface area contributed by atoms with Crippen molar-refractivity contribution in [1.29, 1.82) is 0 Å². The van der Waals surface area contributed by atoms with Crippen LogP contribution in [0.3, 0.4) is 0 Å². The molecule has 0 saturated carbocycles. The molecule has 1 saturated heterocycles. The number of unbranched alkanes of at least 4 members (excludes halogenated alkanes) is 5. The molecule has 0 aromatic carbocycles. The number of esters is 1. The van der Waals surface area contributed by atoms with Gasteiger partial charge in [0, 0.05) is 0 Å². The van der Waals surface area contributed by atoms with E-state index in [1.54, 1.807) is 0 Å². The molecule has 110 valence electrons. The van der Waals surface area contributed by atoms with E-state index in [-0.39, 0.29) is 26.9 Å². The quantitative estimate of drug-likeness (QED) is 0.352. The van der Waals surface area contributed by atoms with Crippen LogP contribution in [0.15, 0.2) is 0 Å². The predicted octanol–water partition coefficient (Wildman–Crippen LogP) is 4.34. The first-order valence-electron chi connectivity index (χ1n) is 6.50. The SMILES string of the molecule is C.C.CCCCCCCCC1OC1CC(=O)OC. The van der Waals surface area contributed by atoms with E-state index in [9.17, 15) is 4.79 Å². The molecule has 0 aliphatic carbocycles. The molecule has 1 rings (SSSR count).